The van der Waals surface area contributed by atoms with Crippen molar-refractivity contribution < 1.29 is 14.0 Å². The molecule has 0 bridgehead atoms. The average Bonchev–Trinajstić information content (AvgIpc) is 3.35. The molecule has 3 N–H and O–H groups in total. The average molecular weight is 520 g/mol. The molecule has 10 heteroatoms. The van der Waals surface area contributed by atoms with Gasteiger partial charge in [-0.2, -0.15) is 0 Å². The Morgan fingerprint density at radius 1 is 1.20 bits per heavy atom. The van der Waals surface area contributed by atoms with Gasteiger partial charge in [0.25, 0.3) is 0 Å². The van der Waals surface area contributed by atoms with E-state index in [1.807, 2.05) is 6.07 Å². The highest BCUT2D eigenvalue weighted by Crippen LogP contribution is 2.52. The van der Waals surface area contributed by atoms with E-state index < -0.39 is 23.2 Å². The van der Waals surface area contributed by atoms with Crippen molar-refractivity contribution in [2.75, 3.05) is 58.2 Å². The second-order valence-electron chi connectivity index (χ2n) is 9.56. The lowest BCUT2D eigenvalue weighted by molar-refractivity contribution is -0.123. The van der Waals surface area contributed by atoms with Gasteiger partial charge in [0.15, 0.2) is 0 Å². The number of nitrogens with one attached hydrogen (secondary N) is 3. The summed E-state index contributed by atoms with van der Waals surface area (Å²) in [6.07, 6.45) is 0. The molecule has 3 aliphatic rings. The summed E-state index contributed by atoms with van der Waals surface area (Å²) in [5, 5.41) is 9.60. The number of fused-ring (bicyclic) bond motifs is 2. The van der Waals surface area contributed by atoms with Gasteiger partial charge in [0.2, 0.25) is 11.8 Å². The summed E-state index contributed by atoms with van der Waals surface area (Å²) in [7, 11) is 2.10. The highest BCUT2D eigenvalue weighted by atomic mass is 35.5. The number of hydrogen-bond acceptors (Lipinski definition) is 5. The SMILES string of the molecule is CN1CCN(CCNC(=O)[C@@H]2NC[C@]3(C(=O)Nc4cc(Cl)c(F)cc43)C2c2cccc(Cl)c2)CC1. The maximum absolute atomic E-state index is 14.6. The van der Waals surface area contributed by atoms with E-state index in [0.717, 1.165) is 38.3 Å². The fourth-order valence-corrected chi connectivity index (χ4v) is 5.95. The molecule has 0 aliphatic carbocycles. The largest absolute Gasteiger partial charge is 0.353 e. The Labute approximate surface area is 213 Å². The molecule has 7 nitrogen and oxygen atoms in total. The van der Waals surface area contributed by atoms with E-state index in [0.29, 0.717) is 22.8 Å². The molecule has 186 valence electrons. The molecular formula is C25H28Cl2FN5O2. The van der Waals surface area contributed by atoms with E-state index in [9.17, 15) is 14.0 Å². The van der Waals surface area contributed by atoms with Gasteiger partial charge in [-0.15, -0.1) is 0 Å². The van der Waals surface area contributed by atoms with Crippen LogP contribution < -0.4 is 16.0 Å². The van der Waals surface area contributed by atoms with Crippen molar-refractivity contribution in [3.63, 3.8) is 0 Å². The minimum atomic E-state index is -1.18. The maximum atomic E-state index is 14.6. The molecule has 0 saturated carbocycles. The van der Waals surface area contributed by atoms with Crippen molar-refractivity contribution in [3.05, 3.63) is 63.4 Å². The van der Waals surface area contributed by atoms with Gasteiger partial charge in [-0.3, -0.25) is 14.5 Å². The molecule has 3 heterocycles. The number of anilines is 1. The highest BCUT2D eigenvalue weighted by Gasteiger charge is 2.60. The summed E-state index contributed by atoms with van der Waals surface area (Å²) >= 11 is 12.3. The number of likely N-dealkylation sites (N-methyl/N-ethyl adjacent to an activating group) is 1. The molecule has 0 aromatic heterocycles. The minimum absolute atomic E-state index is 0.0652. The molecule has 5 rings (SSSR count). The van der Waals surface area contributed by atoms with Gasteiger partial charge in [0, 0.05) is 62.4 Å². The number of rotatable bonds is 5. The molecule has 2 amide bonds. The second kappa shape index (κ2) is 9.67. The van der Waals surface area contributed by atoms with Gasteiger partial charge in [0.1, 0.15) is 5.82 Å². The Kier molecular flexibility index (Phi) is 6.76. The van der Waals surface area contributed by atoms with Gasteiger partial charge in [-0.05, 0) is 42.4 Å². The van der Waals surface area contributed by atoms with Crippen LogP contribution in [0.4, 0.5) is 10.1 Å². The number of piperazine rings is 1. The van der Waals surface area contributed by atoms with Crippen LogP contribution in [-0.4, -0.2) is 80.5 Å². The molecule has 1 spiro atoms. The smallest absolute Gasteiger partial charge is 0.237 e. The number of hydrogen-bond donors (Lipinski definition) is 3. The van der Waals surface area contributed by atoms with Crippen LogP contribution in [0, 0.1) is 5.82 Å². The van der Waals surface area contributed by atoms with Crippen LogP contribution in [0.5, 0.6) is 0 Å². The van der Waals surface area contributed by atoms with Gasteiger partial charge in [0.05, 0.1) is 16.5 Å². The van der Waals surface area contributed by atoms with Crippen LogP contribution in [-0.2, 0) is 15.0 Å². The van der Waals surface area contributed by atoms with Crippen molar-refractivity contribution in [1.82, 2.24) is 20.4 Å². The van der Waals surface area contributed by atoms with E-state index in [-0.39, 0.29) is 23.4 Å². The van der Waals surface area contributed by atoms with Gasteiger partial charge in [-0.1, -0.05) is 35.3 Å². The fraction of sp³-hybridized carbons (Fsp3) is 0.440. The van der Waals surface area contributed by atoms with E-state index in [2.05, 4.69) is 32.8 Å². The van der Waals surface area contributed by atoms with Crippen LogP contribution in [0.2, 0.25) is 10.0 Å². The summed E-state index contributed by atoms with van der Waals surface area (Å²) in [6.45, 7) is 5.38. The van der Waals surface area contributed by atoms with Crippen LogP contribution >= 0.6 is 23.2 Å². The maximum Gasteiger partial charge on any atom is 0.237 e. The Morgan fingerprint density at radius 3 is 2.71 bits per heavy atom. The second-order valence-corrected chi connectivity index (χ2v) is 10.4. The predicted molar refractivity (Wildman–Crippen MR) is 135 cm³/mol. The molecular weight excluding hydrogens is 492 g/mol. The van der Waals surface area contributed by atoms with Crippen molar-refractivity contribution in [1.29, 1.82) is 0 Å². The Bertz CT molecular complexity index is 1160. The first kappa shape index (κ1) is 24.5. The van der Waals surface area contributed by atoms with E-state index >= 15 is 0 Å². The molecule has 2 saturated heterocycles. The van der Waals surface area contributed by atoms with Crippen LogP contribution in [0.15, 0.2) is 36.4 Å². The summed E-state index contributed by atoms with van der Waals surface area (Å²) in [6, 6.07) is 9.20. The Balaban J connectivity index is 1.43. The third kappa shape index (κ3) is 4.42. The van der Waals surface area contributed by atoms with Crippen LogP contribution in [0.1, 0.15) is 17.0 Å². The lowest BCUT2D eigenvalue weighted by Crippen LogP contribution is -2.49. The van der Waals surface area contributed by atoms with Gasteiger partial charge < -0.3 is 20.9 Å². The molecule has 2 aromatic carbocycles. The lowest BCUT2D eigenvalue weighted by Gasteiger charge is -2.33. The molecule has 35 heavy (non-hydrogen) atoms. The Hall–Kier alpha value is -2.23. The van der Waals surface area contributed by atoms with Crippen molar-refractivity contribution in [3.8, 4) is 0 Å². The Morgan fingerprint density at radius 2 is 1.97 bits per heavy atom. The first-order valence-electron chi connectivity index (χ1n) is 11.8. The molecule has 1 unspecified atom stereocenters. The molecule has 3 aliphatic heterocycles. The van der Waals surface area contributed by atoms with Gasteiger partial charge in [-0.25, -0.2) is 4.39 Å². The zero-order valence-corrected chi connectivity index (χ0v) is 20.9. The van der Waals surface area contributed by atoms with E-state index in [1.54, 1.807) is 18.2 Å². The number of halogens is 3. The first-order valence-corrected chi connectivity index (χ1v) is 12.5. The number of carbonyl (C=O) groups is 2. The molecule has 2 aromatic rings. The summed E-state index contributed by atoms with van der Waals surface area (Å²) in [5.74, 6) is -1.69. The zero-order valence-electron chi connectivity index (χ0n) is 19.4. The number of carbonyl (C=O) groups excluding carboxylic acids is 2. The highest BCUT2D eigenvalue weighted by molar-refractivity contribution is 6.31. The van der Waals surface area contributed by atoms with Crippen molar-refractivity contribution >= 4 is 40.7 Å². The normalized spacial score (nSPS) is 26.7. The van der Waals surface area contributed by atoms with Crippen molar-refractivity contribution in [2.24, 2.45) is 0 Å². The summed E-state index contributed by atoms with van der Waals surface area (Å²) in [5.41, 5.74) is 0.520. The predicted octanol–water partition coefficient (Wildman–Crippen LogP) is 2.44. The fourth-order valence-electron chi connectivity index (χ4n) is 5.58. The number of nitrogens with zero attached hydrogens (tertiary/aromatic N) is 2. The monoisotopic (exact) mass is 519 g/mol. The topological polar surface area (TPSA) is 76.7 Å². The minimum Gasteiger partial charge on any atom is -0.353 e. The number of amides is 2. The van der Waals surface area contributed by atoms with E-state index in [1.165, 1.54) is 12.1 Å². The standard InChI is InChI=1S/C25H28Cl2FN5O2/c1-32-7-9-33(10-8-32)6-5-29-23(34)22-21(15-3-2-4-16(26)11-15)25(14-30-22)17-12-19(28)18(27)13-20(17)31-24(25)35/h2-4,11-13,21-22,30H,5-10,14H2,1H3,(H,29,34)(H,31,35)/t21?,22-,25-/m1/s1. The van der Waals surface area contributed by atoms with Crippen LogP contribution in [0.25, 0.3) is 0 Å². The summed E-state index contributed by atoms with van der Waals surface area (Å²) < 4.78 is 14.6. The quantitative estimate of drug-likeness (QED) is 0.565. The summed E-state index contributed by atoms with van der Waals surface area (Å²) in [4.78, 5) is 31.5. The van der Waals surface area contributed by atoms with Crippen LogP contribution in [0.3, 0.4) is 0 Å². The number of benzene rings is 2. The third-order valence-electron chi connectivity index (χ3n) is 7.47. The molecule has 0 radical (unpaired) electrons. The third-order valence-corrected chi connectivity index (χ3v) is 8.00. The lowest BCUT2D eigenvalue weighted by atomic mass is 9.68. The van der Waals surface area contributed by atoms with Crippen molar-refractivity contribution in [2.45, 2.75) is 17.4 Å². The van der Waals surface area contributed by atoms with Gasteiger partial charge >= 0.3 is 0 Å². The molecule has 2 fully saturated rings. The zero-order chi connectivity index (χ0) is 24.7. The first-order chi connectivity index (χ1) is 16.8. The molecule has 3 atom stereocenters. The van der Waals surface area contributed by atoms with E-state index in [4.69, 9.17) is 23.2 Å².